The normalized spacial score (nSPS) is 11.7. The van der Waals surface area contributed by atoms with Gasteiger partial charge in [0.2, 0.25) is 0 Å². The van der Waals surface area contributed by atoms with Crippen LogP contribution in [-0.4, -0.2) is 9.13 Å². The number of halogens is 3. The van der Waals surface area contributed by atoms with Crippen LogP contribution in [0.15, 0.2) is 176 Å². The number of hydrogen-bond donors (Lipinski definition) is 0. The summed E-state index contributed by atoms with van der Waals surface area (Å²) in [5, 5.41) is 24.2. The number of hydrogen-bond acceptors (Lipinski definition) is 2. The van der Waals surface area contributed by atoms with Crippen LogP contribution in [0.4, 0.5) is 13.2 Å². The second kappa shape index (κ2) is 16.0. The summed E-state index contributed by atoms with van der Waals surface area (Å²) < 4.78 is 49.2. The van der Waals surface area contributed by atoms with E-state index in [0.717, 1.165) is 94.3 Å². The van der Waals surface area contributed by atoms with Gasteiger partial charge >= 0.3 is 6.18 Å². The van der Waals surface area contributed by atoms with E-state index in [2.05, 4.69) is 134 Å². The zero-order chi connectivity index (χ0) is 47.0. The largest absolute Gasteiger partial charge is 0.417 e. The Morgan fingerprint density at radius 3 is 1.29 bits per heavy atom. The summed E-state index contributed by atoms with van der Waals surface area (Å²) in [7, 11) is 0. The van der Waals surface area contributed by atoms with Crippen molar-refractivity contribution >= 4 is 43.6 Å². The van der Waals surface area contributed by atoms with Crippen molar-refractivity contribution in [2.24, 2.45) is 0 Å². The van der Waals surface area contributed by atoms with E-state index >= 15 is 0 Å². The van der Waals surface area contributed by atoms with Crippen molar-refractivity contribution in [2.75, 3.05) is 0 Å². The van der Waals surface area contributed by atoms with Gasteiger partial charge in [0.15, 0.2) is 0 Å². The number of aromatic nitrogens is 2. The summed E-state index contributed by atoms with van der Waals surface area (Å²) in [6, 6.07) is 61.3. The highest BCUT2D eigenvalue weighted by Gasteiger charge is 2.34. The Kier molecular flexibility index (Phi) is 9.92. The topological polar surface area (TPSA) is 57.4 Å². The van der Waals surface area contributed by atoms with Crippen LogP contribution in [0.3, 0.4) is 0 Å². The number of nitriles is 2. The number of fused-ring (bicyclic) bond motifs is 6. The molecule has 0 aliphatic rings. The van der Waals surface area contributed by atoms with E-state index < -0.39 is 11.7 Å². The fraction of sp³-hybridized carbons (Fsp3) is 0.0820. The molecule has 0 spiro atoms. The van der Waals surface area contributed by atoms with Crippen molar-refractivity contribution in [3.05, 3.63) is 215 Å². The molecule has 7 heteroatoms. The molecule has 9 aromatic carbocycles. The second-order valence-electron chi connectivity index (χ2n) is 17.8. The van der Waals surface area contributed by atoms with E-state index in [1.54, 1.807) is 12.1 Å². The van der Waals surface area contributed by atoms with Crippen LogP contribution in [0.1, 0.15) is 38.9 Å². The van der Waals surface area contributed by atoms with Crippen LogP contribution >= 0.6 is 0 Å². The van der Waals surface area contributed by atoms with Crippen molar-refractivity contribution in [3.63, 3.8) is 0 Å². The third-order valence-corrected chi connectivity index (χ3v) is 13.4. The Labute approximate surface area is 391 Å². The molecule has 0 saturated heterocycles. The Morgan fingerprint density at radius 2 is 0.794 bits per heavy atom. The van der Waals surface area contributed by atoms with Crippen molar-refractivity contribution in [1.29, 1.82) is 10.5 Å². The first-order chi connectivity index (χ1) is 32.9. The molecule has 4 nitrogen and oxygen atoms in total. The summed E-state index contributed by atoms with van der Waals surface area (Å²) in [5.41, 5.74) is 15.5. The molecule has 0 bridgehead atoms. The molecular formula is C61H41F3N4. The van der Waals surface area contributed by atoms with E-state index in [1.807, 2.05) is 60.7 Å². The van der Waals surface area contributed by atoms with Gasteiger partial charge < -0.3 is 9.13 Å². The van der Waals surface area contributed by atoms with Gasteiger partial charge in [0.25, 0.3) is 0 Å². The summed E-state index contributed by atoms with van der Waals surface area (Å²) in [5.74, 6) is 0. The molecule has 2 heterocycles. The lowest BCUT2D eigenvalue weighted by Gasteiger charge is -2.21. The van der Waals surface area contributed by atoms with Crippen LogP contribution < -0.4 is 0 Å². The predicted octanol–water partition coefficient (Wildman–Crippen LogP) is 16.5. The number of nitrogens with zero attached hydrogens (tertiary/aromatic N) is 4. The average Bonchev–Trinajstić information content (AvgIpc) is 3.85. The monoisotopic (exact) mass is 886 g/mol. The molecule has 0 fully saturated rings. The number of rotatable bonds is 6. The summed E-state index contributed by atoms with van der Waals surface area (Å²) in [6.45, 7) is 8.42. The molecule has 0 amide bonds. The SMILES string of the molecule is Cc1ccc(-c2ccc3c(c2)c2ccccc2n3-c2cc(C#N)ccc2-c2ccc(-c3ccc(C#N)cc3C(F)(F)F)cc2-n2c3ccccc3c3cc(-c4ccc(C)cc4C)ccc32)c(C)c1. The minimum Gasteiger partial charge on any atom is -0.309 e. The summed E-state index contributed by atoms with van der Waals surface area (Å²) in [6.07, 6.45) is -4.73. The van der Waals surface area contributed by atoms with E-state index in [0.29, 0.717) is 16.8 Å². The van der Waals surface area contributed by atoms with Crippen LogP contribution in [0, 0.1) is 50.4 Å². The lowest BCUT2D eigenvalue weighted by molar-refractivity contribution is -0.137. The highest BCUT2D eigenvalue weighted by atomic mass is 19.4. The first kappa shape index (κ1) is 42.0. The van der Waals surface area contributed by atoms with E-state index in [4.69, 9.17) is 0 Å². The van der Waals surface area contributed by atoms with Gasteiger partial charge in [-0.15, -0.1) is 0 Å². The zero-order valence-corrected chi connectivity index (χ0v) is 37.7. The Balaban J connectivity index is 1.22. The highest BCUT2D eigenvalue weighted by molar-refractivity contribution is 6.13. The zero-order valence-electron chi connectivity index (χ0n) is 37.7. The van der Waals surface area contributed by atoms with Crippen LogP contribution in [0.2, 0.25) is 0 Å². The lowest BCUT2D eigenvalue weighted by atomic mass is 9.93. The molecule has 68 heavy (non-hydrogen) atoms. The molecule has 0 saturated carbocycles. The first-order valence-corrected chi connectivity index (χ1v) is 22.4. The van der Waals surface area contributed by atoms with Gasteiger partial charge in [-0.05, 0) is 139 Å². The van der Waals surface area contributed by atoms with E-state index in [1.165, 1.54) is 28.8 Å². The molecule has 0 aliphatic carbocycles. The smallest absolute Gasteiger partial charge is 0.309 e. The fourth-order valence-electron chi connectivity index (χ4n) is 10.3. The van der Waals surface area contributed by atoms with Gasteiger partial charge in [-0.3, -0.25) is 0 Å². The Bertz CT molecular complexity index is 3980. The molecule has 0 unspecified atom stereocenters. The van der Waals surface area contributed by atoms with Crippen LogP contribution in [0.5, 0.6) is 0 Å². The van der Waals surface area contributed by atoms with Gasteiger partial charge in [0.1, 0.15) is 0 Å². The van der Waals surface area contributed by atoms with Crippen molar-refractivity contribution < 1.29 is 13.2 Å². The minimum atomic E-state index is -4.73. The molecule has 11 rings (SSSR count). The third kappa shape index (κ3) is 6.91. The lowest BCUT2D eigenvalue weighted by Crippen LogP contribution is -2.08. The Morgan fingerprint density at radius 1 is 0.382 bits per heavy atom. The molecule has 0 N–H and O–H groups in total. The number of para-hydroxylation sites is 2. The third-order valence-electron chi connectivity index (χ3n) is 13.4. The standard InChI is InChI=1S/C61H41F3N4/c1-36-13-20-45(38(3)27-36)42-18-25-57-52(31-42)48-9-5-7-11-55(48)67(57)59-30-41(35-66)16-23-50(59)51-24-17-44(47-22-15-40(34-65)29-54(47)61(62,63)64)33-60(51)68-56-12-8-6-10-49(56)53-32-43(19-26-58(53)68)46-21-14-37(2)28-39(46)4/h5-33H,1-4H3. The maximum Gasteiger partial charge on any atom is 0.417 e. The van der Waals surface area contributed by atoms with Gasteiger partial charge in [0.05, 0.1) is 62.3 Å². The quantitative estimate of drug-likeness (QED) is 0.167. The van der Waals surface area contributed by atoms with Crippen molar-refractivity contribution in [3.8, 4) is 68.0 Å². The van der Waals surface area contributed by atoms with E-state index in [-0.39, 0.29) is 11.1 Å². The van der Waals surface area contributed by atoms with Crippen LogP contribution in [0.25, 0.3) is 99.5 Å². The van der Waals surface area contributed by atoms with Crippen molar-refractivity contribution in [1.82, 2.24) is 9.13 Å². The molecule has 0 radical (unpaired) electrons. The van der Waals surface area contributed by atoms with Gasteiger partial charge in [-0.2, -0.15) is 23.7 Å². The van der Waals surface area contributed by atoms with Gasteiger partial charge in [-0.1, -0.05) is 120 Å². The minimum absolute atomic E-state index is 0.0377. The van der Waals surface area contributed by atoms with Gasteiger partial charge in [-0.25, -0.2) is 0 Å². The van der Waals surface area contributed by atoms with Crippen LogP contribution in [-0.2, 0) is 6.18 Å². The molecule has 0 atom stereocenters. The maximum absolute atomic E-state index is 15.0. The molecule has 0 aliphatic heterocycles. The van der Waals surface area contributed by atoms with E-state index in [9.17, 15) is 23.7 Å². The predicted molar refractivity (Wildman–Crippen MR) is 270 cm³/mol. The molecule has 2 aromatic heterocycles. The second-order valence-corrected chi connectivity index (χ2v) is 17.8. The maximum atomic E-state index is 15.0. The fourth-order valence-corrected chi connectivity index (χ4v) is 10.3. The van der Waals surface area contributed by atoms with Gasteiger partial charge in [0, 0.05) is 32.7 Å². The number of alkyl halides is 3. The Hall–Kier alpha value is -8.65. The first-order valence-electron chi connectivity index (χ1n) is 22.4. The highest BCUT2D eigenvalue weighted by Crippen LogP contribution is 2.45. The number of benzene rings is 9. The van der Waals surface area contributed by atoms with Crippen molar-refractivity contribution in [2.45, 2.75) is 33.9 Å². The molecular weight excluding hydrogens is 846 g/mol. The molecule has 326 valence electrons. The summed E-state index contributed by atoms with van der Waals surface area (Å²) in [4.78, 5) is 0. The molecule has 11 aromatic rings. The number of aryl methyl sites for hydroxylation is 4. The summed E-state index contributed by atoms with van der Waals surface area (Å²) >= 11 is 0. The average molecular weight is 887 g/mol.